The second-order valence-corrected chi connectivity index (χ2v) is 7.73. The summed E-state index contributed by atoms with van der Waals surface area (Å²) in [5.41, 5.74) is 0.312. The smallest absolute Gasteiger partial charge is 0.352 e. The van der Waals surface area contributed by atoms with Crippen molar-refractivity contribution in [2.75, 3.05) is 5.75 Å². The quantitative estimate of drug-likeness (QED) is 0.438. The van der Waals surface area contributed by atoms with Crippen molar-refractivity contribution in [2.24, 2.45) is 0 Å². The zero-order valence-corrected chi connectivity index (χ0v) is 15.0. The molecule has 3 heterocycles. The first-order valence-corrected chi connectivity index (χ1v) is 9.26. The van der Waals surface area contributed by atoms with Crippen molar-refractivity contribution in [3.63, 3.8) is 0 Å². The first-order chi connectivity index (χ1) is 12.3. The number of carboxylic acid groups (broad SMARTS) is 1. The maximum Gasteiger partial charge on any atom is 0.352 e. The molecule has 0 aromatic carbocycles. The number of aliphatic carboxylic acids is 1. The molecular formula is C15H13N3O6S2. The Hall–Kier alpha value is -2.66. The molecular weight excluding hydrogens is 382 g/mol. The molecule has 2 amide bonds. The highest BCUT2D eigenvalue weighted by molar-refractivity contribution is 8.00. The van der Waals surface area contributed by atoms with Gasteiger partial charge in [-0.3, -0.25) is 24.6 Å². The van der Waals surface area contributed by atoms with Crippen molar-refractivity contribution in [3.8, 4) is 0 Å². The summed E-state index contributed by atoms with van der Waals surface area (Å²) in [6.45, 7) is 1.30. The predicted molar refractivity (Wildman–Crippen MR) is 95.4 cm³/mol. The Morgan fingerprint density at radius 3 is 2.73 bits per heavy atom. The van der Waals surface area contributed by atoms with Gasteiger partial charge in [-0.05, 0) is 17.7 Å². The molecule has 11 heteroatoms. The summed E-state index contributed by atoms with van der Waals surface area (Å²) in [5.74, 6) is -1.71. The Labute approximate surface area is 155 Å². The Bertz CT molecular complexity index is 874. The molecule has 0 bridgehead atoms. The molecule has 136 valence electrons. The number of nitro groups is 1. The second kappa shape index (κ2) is 6.92. The number of thioether (sulfide) groups is 1. The Morgan fingerprint density at radius 2 is 2.15 bits per heavy atom. The SMILES string of the molecule is CC(=O)NC1C(=O)N2C(C(=O)O)=C(C=Cc3ccc([N+](=O)[O-])s3)CS[C@@H]12. The number of hydrogen-bond donors (Lipinski definition) is 2. The fourth-order valence-corrected chi connectivity index (χ4v) is 4.75. The highest BCUT2D eigenvalue weighted by Gasteiger charge is 2.53. The van der Waals surface area contributed by atoms with Gasteiger partial charge in [-0.2, -0.15) is 0 Å². The van der Waals surface area contributed by atoms with Crippen LogP contribution < -0.4 is 5.32 Å². The molecule has 1 unspecified atom stereocenters. The van der Waals surface area contributed by atoms with Gasteiger partial charge in [0.1, 0.15) is 17.1 Å². The molecule has 0 saturated carbocycles. The number of fused-ring (bicyclic) bond motifs is 1. The van der Waals surface area contributed by atoms with Crippen LogP contribution in [0.25, 0.3) is 6.08 Å². The molecule has 26 heavy (non-hydrogen) atoms. The topological polar surface area (TPSA) is 130 Å². The minimum atomic E-state index is -1.23. The molecule has 1 fully saturated rings. The zero-order chi connectivity index (χ0) is 19.0. The molecule has 0 radical (unpaired) electrons. The molecule has 2 aliphatic rings. The van der Waals surface area contributed by atoms with Crippen LogP contribution in [-0.2, 0) is 14.4 Å². The van der Waals surface area contributed by atoms with Crippen molar-refractivity contribution < 1.29 is 24.4 Å². The second-order valence-electron chi connectivity index (χ2n) is 5.53. The number of β-lactam (4-membered cyclic amide) rings is 1. The number of allylic oxidation sites excluding steroid dienone is 1. The fourth-order valence-electron chi connectivity index (χ4n) is 2.70. The number of rotatable bonds is 5. The van der Waals surface area contributed by atoms with Crippen LogP contribution in [0.15, 0.2) is 29.5 Å². The van der Waals surface area contributed by atoms with Gasteiger partial charge in [0.15, 0.2) is 0 Å². The van der Waals surface area contributed by atoms with Gasteiger partial charge in [-0.25, -0.2) is 4.79 Å². The highest BCUT2D eigenvalue weighted by Crippen LogP contribution is 2.41. The number of nitrogens with zero attached hydrogens (tertiary/aromatic N) is 2. The largest absolute Gasteiger partial charge is 0.477 e. The summed E-state index contributed by atoms with van der Waals surface area (Å²) < 4.78 is 0. The van der Waals surface area contributed by atoms with Crippen LogP contribution in [0.1, 0.15) is 11.8 Å². The zero-order valence-electron chi connectivity index (χ0n) is 13.4. The van der Waals surface area contributed by atoms with Crippen LogP contribution in [0.5, 0.6) is 0 Å². The fraction of sp³-hybridized carbons (Fsp3) is 0.267. The van der Waals surface area contributed by atoms with Gasteiger partial charge < -0.3 is 10.4 Å². The van der Waals surface area contributed by atoms with E-state index < -0.39 is 28.2 Å². The van der Waals surface area contributed by atoms with Crippen molar-refractivity contribution in [2.45, 2.75) is 18.3 Å². The van der Waals surface area contributed by atoms with Crippen molar-refractivity contribution in [1.29, 1.82) is 0 Å². The molecule has 2 aliphatic heterocycles. The number of carbonyl (C=O) groups is 3. The molecule has 2 N–H and O–H groups in total. The van der Waals surface area contributed by atoms with E-state index in [1.807, 2.05) is 0 Å². The minimum Gasteiger partial charge on any atom is -0.477 e. The number of hydrogen-bond acceptors (Lipinski definition) is 7. The average molecular weight is 395 g/mol. The molecule has 1 saturated heterocycles. The van der Waals surface area contributed by atoms with Gasteiger partial charge in [-0.15, -0.1) is 11.8 Å². The molecule has 1 aromatic heterocycles. The van der Waals surface area contributed by atoms with E-state index in [4.69, 9.17) is 0 Å². The van der Waals surface area contributed by atoms with E-state index in [2.05, 4.69) is 5.32 Å². The summed E-state index contributed by atoms with van der Waals surface area (Å²) in [4.78, 5) is 47.1. The van der Waals surface area contributed by atoms with Crippen LogP contribution >= 0.6 is 23.1 Å². The summed E-state index contributed by atoms with van der Waals surface area (Å²) in [7, 11) is 0. The molecule has 0 spiro atoms. The maximum absolute atomic E-state index is 12.2. The molecule has 0 aliphatic carbocycles. The van der Waals surface area contributed by atoms with Gasteiger partial charge >= 0.3 is 11.0 Å². The summed E-state index contributed by atoms with van der Waals surface area (Å²) in [6.07, 6.45) is 3.15. The van der Waals surface area contributed by atoms with E-state index in [9.17, 15) is 29.6 Å². The van der Waals surface area contributed by atoms with Crippen LogP contribution in [0.2, 0.25) is 0 Å². The maximum atomic E-state index is 12.2. The minimum absolute atomic E-state index is 0.00811. The van der Waals surface area contributed by atoms with Crippen molar-refractivity contribution >= 4 is 52.0 Å². The standard InChI is InChI=1S/C15H13N3O6S2/c1-7(19)16-11-13(20)17-12(15(21)22)8(6-25-14(11)17)2-3-9-4-5-10(26-9)18(23)24/h2-5,11,14H,6H2,1H3,(H,16,19)(H,21,22)/t11?,14-/m0/s1. The van der Waals surface area contributed by atoms with Gasteiger partial charge in [0, 0.05) is 23.6 Å². The Kier molecular flexibility index (Phi) is 4.83. The monoisotopic (exact) mass is 395 g/mol. The first-order valence-electron chi connectivity index (χ1n) is 7.40. The van der Waals surface area contributed by atoms with Gasteiger partial charge in [-0.1, -0.05) is 17.4 Å². The van der Waals surface area contributed by atoms with E-state index in [0.717, 1.165) is 11.3 Å². The van der Waals surface area contributed by atoms with E-state index >= 15 is 0 Å². The normalized spacial score (nSPS) is 22.2. The van der Waals surface area contributed by atoms with E-state index in [-0.39, 0.29) is 16.6 Å². The number of amides is 2. The number of thiophene rings is 1. The van der Waals surface area contributed by atoms with Crippen LogP contribution in [0.4, 0.5) is 5.00 Å². The number of carbonyl (C=O) groups excluding carboxylic acids is 2. The van der Waals surface area contributed by atoms with E-state index in [0.29, 0.717) is 16.2 Å². The highest BCUT2D eigenvalue weighted by atomic mass is 32.2. The summed E-state index contributed by atoms with van der Waals surface area (Å²) >= 11 is 2.33. The lowest BCUT2D eigenvalue weighted by Gasteiger charge is -2.49. The molecule has 3 rings (SSSR count). The predicted octanol–water partition coefficient (Wildman–Crippen LogP) is 1.43. The lowest BCUT2D eigenvalue weighted by molar-refractivity contribution is -0.380. The molecule has 2 atom stereocenters. The third kappa shape index (κ3) is 3.22. The lowest BCUT2D eigenvalue weighted by atomic mass is 10.0. The summed E-state index contributed by atoms with van der Waals surface area (Å²) in [6, 6.07) is 2.22. The third-order valence-corrected chi connectivity index (χ3v) is 6.10. The number of carboxylic acids is 1. The van der Waals surface area contributed by atoms with Crippen molar-refractivity contribution in [3.05, 3.63) is 44.5 Å². The van der Waals surface area contributed by atoms with Gasteiger partial charge in [0.25, 0.3) is 5.91 Å². The molecule has 9 nitrogen and oxygen atoms in total. The van der Waals surface area contributed by atoms with Crippen LogP contribution in [0.3, 0.4) is 0 Å². The van der Waals surface area contributed by atoms with Gasteiger partial charge in [0.05, 0.1) is 4.92 Å². The summed E-state index contributed by atoms with van der Waals surface area (Å²) in [5, 5.41) is 22.3. The first kappa shape index (κ1) is 18.1. The van der Waals surface area contributed by atoms with E-state index in [1.54, 1.807) is 18.2 Å². The Morgan fingerprint density at radius 1 is 1.42 bits per heavy atom. The third-order valence-electron chi connectivity index (χ3n) is 3.80. The number of nitrogens with one attached hydrogen (secondary N) is 1. The lowest BCUT2D eigenvalue weighted by Crippen LogP contribution is -2.70. The van der Waals surface area contributed by atoms with Crippen molar-refractivity contribution in [1.82, 2.24) is 10.2 Å². The van der Waals surface area contributed by atoms with Crippen LogP contribution in [-0.4, -0.2) is 49.9 Å². The molecule has 1 aromatic rings. The average Bonchev–Trinajstić information content (AvgIpc) is 3.06. The van der Waals surface area contributed by atoms with Crippen LogP contribution in [0, 0.1) is 10.1 Å². The van der Waals surface area contributed by atoms with E-state index in [1.165, 1.54) is 29.7 Å². The Balaban J connectivity index is 1.86. The van der Waals surface area contributed by atoms with Gasteiger partial charge in [0.2, 0.25) is 5.91 Å².